The lowest BCUT2D eigenvalue weighted by molar-refractivity contribution is 0.251. The van der Waals surface area contributed by atoms with E-state index in [0.717, 1.165) is 5.56 Å². The summed E-state index contributed by atoms with van der Waals surface area (Å²) >= 11 is 0. The van der Waals surface area contributed by atoms with Crippen LogP contribution in [-0.2, 0) is 6.54 Å². The van der Waals surface area contributed by atoms with Gasteiger partial charge in [0.2, 0.25) is 5.88 Å². The number of methoxy groups -OCH3 is 1. The van der Waals surface area contributed by atoms with Gasteiger partial charge in [0.1, 0.15) is 0 Å². The summed E-state index contributed by atoms with van der Waals surface area (Å²) in [5.74, 6) is 0.501. The van der Waals surface area contributed by atoms with Crippen molar-refractivity contribution in [3.05, 3.63) is 48.4 Å². The second kappa shape index (κ2) is 6.34. The molecule has 2 amide bonds. The first-order valence-corrected chi connectivity index (χ1v) is 5.72. The molecule has 2 N–H and O–H groups in total. The second-order valence-electron chi connectivity index (χ2n) is 3.76. The minimum atomic E-state index is -0.296. The summed E-state index contributed by atoms with van der Waals surface area (Å²) in [5, 5.41) is 5.40. The van der Waals surface area contributed by atoms with Crippen LogP contribution in [0.5, 0.6) is 5.88 Å². The van der Waals surface area contributed by atoms with Gasteiger partial charge in [-0.15, -0.1) is 0 Å². The number of pyridine rings is 2. The first-order valence-electron chi connectivity index (χ1n) is 5.72. The molecule has 0 bridgehead atoms. The molecule has 2 heterocycles. The molecule has 2 aromatic rings. The van der Waals surface area contributed by atoms with Crippen LogP contribution in [-0.4, -0.2) is 23.1 Å². The number of aromatic nitrogens is 2. The summed E-state index contributed by atoms with van der Waals surface area (Å²) in [6.45, 7) is 0.420. The molecule has 2 aromatic heterocycles. The molecule has 0 saturated carbocycles. The number of nitrogens with zero attached hydrogens (tertiary/aromatic N) is 2. The van der Waals surface area contributed by atoms with Crippen molar-refractivity contribution in [2.75, 3.05) is 12.4 Å². The predicted molar refractivity (Wildman–Crippen MR) is 70.9 cm³/mol. The molecule has 0 atom stereocenters. The molecular weight excluding hydrogens is 244 g/mol. The first kappa shape index (κ1) is 12.8. The van der Waals surface area contributed by atoms with E-state index in [9.17, 15) is 4.79 Å². The number of anilines is 1. The number of amides is 2. The monoisotopic (exact) mass is 258 g/mol. The largest absolute Gasteiger partial charge is 0.481 e. The molecule has 0 aromatic carbocycles. The third kappa shape index (κ3) is 3.95. The molecule has 0 fully saturated rings. The Bertz CT molecular complexity index is 528. The van der Waals surface area contributed by atoms with Crippen LogP contribution in [0.2, 0.25) is 0 Å². The maximum atomic E-state index is 11.6. The maximum Gasteiger partial charge on any atom is 0.319 e. The van der Waals surface area contributed by atoms with Gasteiger partial charge in [-0.2, -0.15) is 0 Å². The number of hydrogen-bond donors (Lipinski definition) is 2. The highest BCUT2D eigenvalue weighted by atomic mass is 16.5. The van der Waals surface area contributed by atoms with Crippen LogP contribution >= 0.6 is 0 Å². The average molecular weight is 258 g/mol. The molecule has 0 unspecified atom stereocenters. The fourth-order valence-corrected chi connectivity index (χ4v) is 1.44. The molecule has 2 rings (SSSR count). The number of nitrogens with one attached hydrogen (secondary N) is 2. The molecule has 0 spiro atoms. The van der Waals surface area contributed by atoms with E-state index in [1.807, 2.05) is 12.1 Å². The van der Waals surface area contributed by atoms with Crippen molar-refractivity contribution >= 4 is 11.7 Å². The first-order chi connectivity index (χ1) is 9.28. The van der Waals surface area contributed by atoms with Crippen molar-refractivity contribution in [1.82, 2.24) is 15.3 Å². The van der Waals surface area contributed by atoms with Gasteiger partial charge in [-0.3, -0.25) is 4.98 Å². The number of rotatable bonds is 4. The standard InChI is InChI=1S/C13H14N4O2/c1-19-12-5-4-11(9-15-12)17-13(18)16-8-10-3-2-6-14-7-10/h2-7,9H,8H2,1H3,(H2,16,17,18). The van der Waals surface area contributed by atoms with Crippen LogP contribution in [0.4, 0.5) is 10.5 Å². The van der Waals surface area contributed by atoms with Gasteiger partial charge in [-0.25, -0.2) is 9.78 Å². The summed E-state index contributed by atoms with van der Waals surface area (Å²) in [7, 11) is 1.54. The third-order valence-corrected chi connectivity index (χ3v) is 2.38. The molecule has 0 aliphatic carbocycles. The van der Waals surface area contributed by atoms with Gasteiger partial charge in [-0.05, 0) is 17.7 Å². The lowest BCUT2D eigenvalue weighted by atomic mass is 10.3. The normalized spacial score (nSPS) is 9.74. The average Bonchev–Trinajstić information content (AvgIpc) is 2.47. The summed E-state index contributed by atoms with van der Waals surface area (Å²) in [5.41, 5.74) is 1.54. The molecule has 0 radical (unpaired) electrons. The van der Waals surface area contributed by atoms with E-state index in [1.165, 1.54) is 13.3 Å². The lowest BCUT2D eigenvalue weighted by Gasteiger charge is -2.07. The molecule has 6 nitrogen and oxygen atoms in total. The summed E-state index contributed by atoms with van der Waals surface area (Å²) < 4.78 is 4.93. The quantitative estimate of drug-likeness (QED) is 0.876. The van der Waals surface area contributed by atoms with Crippen molar-refractivity contribution in [3.63, 3.8) is 0 Å². The molecule has 0 aliphatic rings. The Morgan fingerprint density at radius 1 is 1.32 bits per heavy atom. The zero-order valence-electron chi connectivity index (χ0n) is 10.5. The van der Waals surface area contributed by atoms with E-state index >= 15 is 0 Å². The van der Waals surface area contributed by atoms with Crippen LogP contribution in [0.25, 0.3) is 0 Å². The highest BCUT2D eigenvalue weighted by Gasteiger charge is 2.02. The minimum Gasteiger partial charge on any atom is -0.481 e. The minimum absolute atomic E-state index is 0.296. The molecule has 6 heteroatoms. The van der Waals surface area contributed by atoms with Crippen LogP contribution < -0.4 is 15.4 Å². The maximum absolute atomic E-state index is 11.6. The highest BCUT2D eigenvalue weighted by Crippen LogP contribution is 2.10. The zero-order valence-corrected chi connectivity index (χ0v) is 10.5. The number of urea groups is 1. The molecule has 19 heavy (non-hydrogen) atoms. The van der Waals surface area contributed by atoms with E-state index in [2.05, 4.69) is 20.6 Å². The van der Waals surface area contributed by atoms with Gasteiger partial charge in [0.05, 0.1) is 19.0 Å². The van der Waals surface area contributed by atoms with Crippen molar-refractivity contribution < 1.29 is 9.53 Å². The van der Waals surface area contributed by atoms with Crippen LogP contribution in [0.1, 0.15) is 5.56 Å². The van der Waals surface area contributed by atoms with E-state index in [-0.39, 0.29) is 6.03 Å². The van der Waals surface area contributed by atoms with Gasteiger partial charge >= 0.3 is 6.03 Å². The van der Waals surface area contributed by atoms with Crippen LogP contribution in [0.3, 0.4) is 0 Å². The molecule has 98 valence electrons. The lowest BCUT2D eigenvalue weighted by Crippen LogP contribution is -2.28. The number of carbonyl (C=O) groups excluding carboxylic acids is 1. The highest BCUT2D eigenvalue weighted by molar-refractivity contribution is 5.88. The van der Waals surface area contributed by atoms with Crippen molar-refractivity contribution in [2.24, 2.45) is 0 Å². The Labute approximate surface area is 110 Å². The molecule has 0 aliphatic heterocycles. The van der Waals surface area contributed by atoms with Gasteiger partial charge < -0.3 is 15.4 Å². The van der Waals surface area contributed by atoms with Gasteiger partial charge in [0, 0.05) is 25.0 Å². The van der Waals surface area contributed by atoms with Crippen LogP contribution in [0, 0.1) is 0 Å². The van der Waals surface area contributed by atoms with Crippen molar-refractivity contribution in [2.45, 2.75) is 6.54 Å². The predicted octanol–water partition coefficient (Wildman–Crippen LogP) is 1.81. The summed E-state index contributed by atoms with van der Waals surface area (Å²) in [6, 6.07) is 6.81. The number of hydrogen-bond acceptors (Lipinski definition) is 4. The number of ether oxygens (including phenoxy) is 1. The Hall–Kier alpha value is -2.63. The van der Waals surface area contributed by atoms with E-state index < -0.39 is 0 Å². The Morgan fingerprint density at radius 3 is 2.84 bits per heavy atom. The fourth-order valence-electron chi connectivity index (χ4n) is 1.44. The van der Waals surface area contributed by atoms with Crippen LogP contribution in [0.15, 0.2) is 42.9 Å². The van der Waals surface area contributed by atoms with Crippen molar-refractivity contribution in [3.8, 4) is 5.88 Å². The summed E-state index contributed by atoms with van der Waals surface area (Å²) in [4.78, 5) is 19.6. The Balaban J connectivity index is 1.83. The Kier molecular flexibility index (Phi) is 4.28. The van der Waals surface area contributed by atoms with Gasteiger partial charge in [0.25, 0.3) is 0 Å². The summed E-state index contributed by atoms with van der Waals surface area (Å²) in [6.07, 6.45) is 4.92. The molecule has 0 saturated heterocycles. The third-order valence-electron chi connectivity index (χ3n) is 2.38. The van der Waals surface area contributed by atoms with E-state index in [4.69, 9.17) is 4.74 Å². The Morgan fingerprint density at radius 2 is 2.21 bits per heavy atom. The smallest absolute Gasteiger partial charge is 0.319 e. The molecular formula is C13H14N4O2. The van der Waals surface area contributed by atoms with Gasteiger partial charge in [0.15, 0.2) is 0 Å². The topological polar surface area (TPSA) is 76.1 Å². The van der Waals surface area contributed by atoms with E-state index in [0.29, 0.717) is 18.1 Å². The van der Waals surface area contributed by atoms with E-state index in [1.54, 1.807) is 24.5 Å². The van der Waals surface area contributed by atoms with Crippen molar-refractivity contribution in [1.29, 1.82) is 0 Å². The number of carbonyl (C=O) groups is 1. The fraction of sp³-hybridized carbons (Fsp3) is 0.154. The SMILES string of the molecule is COc1ccc(NC(=O)NCc2cccnc2)cn1. The van der Waals surface area contributed by atoms with Gasteiger partial charge in [-0.1, -0.05) is 6.07 Å². The second-order valence-corrected chi connectivity index (χ2v) is 3.76. The zero-order chi connectivity index (χ0) is 13.5.